The van der Waals surface area contributed by atoms with Gasteiger partial charge < -0.3 is 5.32 Å². The van der Waals surface area contributed by atoms with E-state index in [2.05, 4.69) is 5.32 Å². The minimum absolute atomic E-state index is 0.261. The first-order valence-corrected chi connectivity index (χ1v) is 4.97. The summed E-state index contributed by atoms with van der Waals surface area (Å²) >= 11 is 0. The highest BCUT2D eigenvalue weighted by atomic mass is 19.1. The van der Waals surface area contributed by atoms with Crippen molar-refractivity contribution in [3.8, 4) is 0 Å². The van der Waals surface area contributed by atoms with Gasteiger partial charge in [-0.2, -0.15) is 0 Å². The highest BCUT2D eigenvalue weighted by Crippen LogP contribution is 2.19. The molecule has 5 heteroatoms. The van der Waals surface area contributed by atoms with Crippen molar-refractivity contribution in [2.24, 2.45) is 5.92 Å². The van der Waals surface area contributed by atoms with Crippen LogP contribution in [0.3, 0.4) is 0 Å². The van der Waals surface area contributed by atoms with Gasteiger partial charge in [0.2, 0.25) is 5.91 Å². The molecule has 1 aliphatic rings. The lowest BCUT2D eigenvalue weighted by Gasteiger charge is -2.29. The van der Waals surface area contributed by atoms with Crippen molar-refractivity contribution < 1.29 is 14.0 Å². The Morgan fingerprint density at radius 1 is 1.31 bits per heavy atom. The van der Waals surface area contributed by atoms with Gasteiger partial charge in [-0.3, -0.25) is 4.79 Å². The summed E-state index contributed by atoms with van der Waals surface area (Å²) in [6.45, 7) is 2.08. The van der Waals surface area contributed by atoms with Crippen LogP contribution in [0.1, 0.15) is 6.92 Å². The molecule has 1 fully saturated rings. The van der Waals surface area contributed by atoms with Crippen molar-refractivity contribution in [1.82, 2.24) is 5.32 Å². The summed E-state index contributed by atoms with van der Waals surface area (Å²) in [6.07, 6.45) is 0. The average Bonchev–Trinajstić information content (AvgIpc) is 2.27. The highest BCUT2D eigenvalue weighted by molar-refractivity contribution is 6.16. The molecule has 1 aliphatic heterocycles. The molecule has 1 aromatic rings. The molecular weight excluding hydrogens is 211 g/mol. The van der Waals surface area contributed by atoms with Gasteiger partial charge in [0.25, 0.3) is 0 Å². The SMILES string of the molecule is CC1CNC(=O)N(c2ccc(F)cc2)C1=O. The van der Waals surface area contributed by atoms with Gasteiger partial charge in [0.05, 0.1) is 11.6 Å². The second-order valence-corrected chi connectivity index (χ2v) is 3.74. The Morgan fingerprint density at radius 2 is 1.94 bits per heavy atom. The zero-order chi connectivity index (χ0) is 11.7. The molecule has 2 rings (SSSR count). The minimum atomic E-state index is -0.463. The summed E-state index contributed by atoms with van der Waals surface area (Å²) in [4.78, 5) is 24.4. The fraction of sp³-hybridized carbons (Fsp3) is 0.273. The van der Waals surface area contributed by atoms with E-state index in [1.165, 1.54) is 24.3 Å². The third-order valence-electron chi connectivity index (χ3n) is 2.49. The third-order valence-corrected chi connectivity index (χ3v) is 2.49. The van der Waals surface area contributed by atoms with Crippen LogP contribution in [0.5, 0.6) is 0 Å². The predicted molar refractivity (Wildman–Crippen MR) is 56.4 cm³/mol. The van der Waals surface area contributed by atoms with Gasteiger partial charge in [-0.05, 0) is 24.3 Å². The molecule has 1 saturated heterocycles. The van der Waals surface area contributed by atoms with Crippen molar-refractivity contribution in [2.45, 2.75) is 6.92 Å². The molecule has 16 heavy (non-hydrogen) atoms. The molecule has 1 heterocycles. The van der Waals surface area contributed by atoms with Gasteiger partial charge in [0.15, 0.2) is 0 Å². The van der Waals surface area contributed by atoms with Crippen LogP contribution in [0, 0.1) is 11.7 Å². The third kappa shape index (κ3) is 1.76. The van der Waals surface area contributed by atoms with E-state index in [0.717, 1.165) is 4.90 Å². The van der Waals surface area contributed by atoms with E-state index in [9.17, 15) is 14.0 Å². The molecule has 1 atom stereocenters. The summed E-state index contributed by atoms with van der Waals surface area (Å²) < 4.78 is 12.7. The molecule has 0 aromatic heterocycles. The summed E-state index contributed by atoms with van der Waals surface area (Å²) in [7, 11) is 0. The maximum absolute atomic E-state index is 12.7. The van der Waals surface area contributed by atoms with Gasteiger partial charge in [0, 0.05) is 6.54 Å². The normalized spacial score (nSPS) is 20.9. The number of anilines is 1. The van der Waals surface area contributed by atoms with Gasteiger partial charge >= 0.3 is 6.03 Å². The van der Waals surface area contributed by atoms with Gasteiger partial charge in [0.1, 0.15) is 5.82 Å². The van der Waals surface area contributed by atoms with Gasteiger partial charge in [-0.25, -0.2) is 14.1 Å². The number of benzene rings is 1. The van der Waals surface area contributed by atoms with E-state index in [1.807, 2.05) is 0 Å². The lowest BCUT2D eigenvalue weighted by atomic mass is 10.1. The standard InChI is InChI=1S/C11H11FN2O2/c1-7-6-13-11(16)14(10(7)15)9-4-2-8(12)3-5-9/h2-5,7H,6H2,1H3,(H,13,16). The Kier molecular flexibility index (Phi) is 2.60. The zero-order valence-corrected chi connectivity index (χ0v) is 8.74. The van der Waals surface area contributed by atoms with Gasteiger partial charge in [-0.15, -0.1) is 0 Å². The molecule has 0 spiro atoms. The number of amides is 3. The second kappa shape index (κ2) is 3.92. The van der Waals surface area contributed by atoms with Crippen LogP contribution in [0.15, 0.2) is 24.3 Å². The first kappa shape index (κ1) is 10.6. The largest absolute Gasteiger partial charge is 0.337 e. The van der Waals surface area contributed by atoms with Gasteiger partial charge in [-0.1, -0.05) is 6.92 Å². The van der Waals surface area contributed by atoms with Crippen LogP contribution in [0.25, 0.3) is 0 Å². The fourth-order valence-corrected chi connectivity index (χ4v) is 1.56. The van der Waals surface area contributed by atoms with Crippen LogP contribution in [0.4, 0.5) is 14.9 Å². The smallest absolute Gasteiger partial charge is 0.328 e. The number of imide groups is 1. The van der Waals surface area contributed by atoms with E-state index in [0.29, 0.717) is 12.2 Å². The molecule has 0 aliphatic carbocycles. The fourth-order valence-electron chi connectivity index (χ4n) is 1.56. The topological polar surface area (TPSA) is 49.4 Å². The summed E-state index contributed by atoms with van der Waals surface area (Å²) in [5.74, 6) is -0.931. The summed E-state index contributed by atoms with van der Waals surface area (Å²) in [5.41, 5.74) is 0.385. The van der Waals surface area contributed by atoms with Crippen molar-refractivity contribution >= 4 is 17.6 Å². The summed E-state index contributed by atoms with van der Waals surface area (Å²) in [5, 5.41) is 2.60. The predicted octanol–water partition coefficient (Wildman–Crippen LogP) is 1.52. The first-order chi connectivity index (χ1) is 7.59. The molecule has 1 unspecified atom stereocenters. The quantitative estimate of drug-likeness (QED) is 0.783. The molecule has 4 nitrogen and oxygen atoms in total. The molecule has 0 saturated carbocycles. The number of nitrogens with zero attached hydrogens (tertiary/aromatic N) is 1. The number of nitrogens with one attached hydrogen (secondary N) is 1. The second-order valence-electron chi connectivity index (χ2n) is 3.74. The van der Waals surface area contributed by atoms with Crippen LogP contribution < -0.4 is 10.2 Å². The maximum atomic E-state index is 12.7. The van der Waals surface area contributed by atoms with Crippen LogP contribution in [-0.4, -0.2) is 18.5 Å². The Morgan fingerprint density at radius 3 is 2.56 bits per heavy atom. The van der Waals surface area contributed by atoms with Crippen LogP contribution in [0.2, 0.25) is 0 Å². The minimum Gasteiger partial charge on any atom is -0.337 e. The first-order valence-electron chi connectivity index (χ1n) is 4.97. The van der Waals surface area contributed by atoms with Crippen molar-refractivity contribution in [3.05, 3.63) is 30.1 Å². The highest BCUT2D eigenvalue weighted by Gasteiger charge is 2.32. The summed E-state index contributed by atoms with van der Waals surface area (Å²) in [6, 6.07) is 4.79. The molecule has 1 N–H and O–H groups in total. The molecule has 1 aromatic carbocycles. The number of hydrogen-bond acceptors (Lipinski definition) is 2. The average molecular weight is 222 g/mol. The lowest BCUT2D eigenvalue weighted by molar-refractivity contribution is -0.121. The van der Waals surface area contributed by atoms with Crippen LogP contribution in [-0.2, 0) is 4.79 Å². The van der Waals surface area contributed by atoms with E-state index >= 15 is 0 Å². The van der Waals surface area contributed by atoms with Crippen LogP contribution >= 0.6 is 0 Å². The van der Waals surface area contributed by atoms with E-state index in [4.69, 9.17) is 0 Å². The Balaban J connectivity index is 2.34. The number of hydrogen-bond donors (Lipinski definition) is 1. The molecule has 84 valence electrons. The van der Waals surface area contributed by atoms with Crippen molar-refractivity contribution in [1.29, 1.82) is 0 Å². The number of halogens is 1. The van der Waals surface area contributed by atoms with Crippen molar-refractivity contribution in [3.63, 3.8) is 0 Å². The Bertz CT molecular complexity index is 430. The molecule has 0 bridgehead atoms. The van der Waals surface area contributed by atoms with E-state index in [1.54, 1.807) is 6.92 Å². The molecule has 3 amide bonds. The Labute approximate surface area is 92.0 Å². The van der Waals surface area contributed by atoms with Crippen molar-refractivity contribution in [2.75, 3.05) is 11.4 Å². The van der Waals surface area contributed by atoms with E-state index < -0.39 is 11.8 Å². The maximum Gasteiger partial charge on any atom is 0.328 e. The molecule has 0 radical (unpaired) electrons. The van der Waals surface area contributed by atoms with E-state index in [-0.39, 0.29) is 11.8 Å². The lowest BCUT2D eigenvalue weighted by Crippen LogP contribution is -2.54. The Hall–Kier alpha value is -1.91. The number of carbonyl (C=O) groups excluding carboxylic acids is 2. The monoisotopic (exact) mass is 222 g/mol. The number of rotatable bonds is 1. The number of urea groups is 1. The number of carbonyl (C=O) groups is 2. The zero-order valence-electron chi connectivity index (χ0n) is 8.74. The molecular formula is C11H11FN2O2.